The molecule has 1 aliphatic heterocycles. The van der Waals surface area contributed by atoms with Gasteiger partial charge in [0.25, 0.3) is 5.91 Å². The first-order valence-corrected chi connectivity index (χ1v) is 11.3. The molecular formula is C24H17ClFNO3S2. The lowest BCUT2D eigenvalue weighted by atomic mass is 10.2. The average molecular weight is 486 g/mol. The topological polar surface area (TPSA) is 38.8 Å². The summed E-state index contributed by atoms with van der Waals surface area (Å²) in [6.07, 6.45) is 1.77. The second-order valence-corrected chi connectivity index (χ2v) is 8.77. The maximum Gasteiger partial charge on any atom is 0.270 e. The van der Waals surface area contributed by atoms with E-state index in [9.17, 15) is 9.18 Å². The summed E-state index contributed by atoms with van der Waals surface area (Å²) >= 11 is 12.6. The van der Waals surface area contributed by atoms with E-state index in [1.165, 1.54) is 40.9 Å². The lowest BCUT2D eigenvalue weighted by Crippen LogP contribution is -2.27. The van der Waals surface area contributed by atoms with Crippen LogP contribution in [-0.2, 0) is 4.79 Å². The molecule has 0 N–H and O–H groups in total. The number of halogens is 2. The Kier molecular flexibility index (Phi) is 7.09. The molecule has 1 saturated heterocycles. The van der Waals surface area contributed by atoms with Gasteiger partial charge in [0.2, 0.25) is 0 Å². The summed E-state index contributed by atoms with van der Waals surface area (Å²) in [6.45, 7) is 0.720. The van der Waals surface area contributed by atoms with Gasteiger partial charge >= 0.3 is 0 Å². The van der Waals surface area contributed by atoms with Crippen LogP contribution >= 0.6 is 35.6 Å². The third-order valence-electron chi connectivity index (χ3n) is 4.50. The van der Waals surface area contributed by atoms with Crippen LogP contribution in [0.15, 0.2) is 77.7 Å². The summed E-state index contributed by atoms with van der Waals surface area (Å²) in [6, 6.07) is 20.3. The van der Waals surface area contributed by atoms with Gasteiger partial charge in [-0.25, -0.2) is 4.39 Å². The van der Waals surface area contributed by atoms with E-state index < -0.39 is 0 Å². The van der Waals surface area contributed by atoms with Crippen LogP contribution in [0.1, 0.15) is 5.56 Å². The number of thioether (sulfide) groups is 1. The fraction of sp³-hybridized carbons (Fsp3) is 0.0833. The average Bonchev–Trinajstić information content (AvgIpc) is 3.07. The zero-order valence-corrected chi connectivity index (χ0v) is 19.1. The third-order valence-corrected chi connectivity index (χ3v) is 6.12. The number of thiocarbonyl (C=S) groups is 1. The quantitative estimate of drug-likeness (QED) is 0.222. The normalized spacial score (nSPS) is 14.8. The van der Waals surface area contributed by atoms with Crippen molar-refractivity contribution >= 4 is 57.6 Å². The highest BCUT2D eigenvalue weighted by Crippen LogP contribution is 2.36. The molecule has 0 bridgehead atoms. The van der Waals surface area contributed by atoms with Gasteiger partial charge in [-0.15, -0.1) is 0 Å². The van der Waals surface area contributed by atoms with Gasteiger partial charge < -0.3 is 9.47 Å². The highest BCUT2D eigenvalue weighted by Gasteiger charge is 2.33. The molecule has 0 unspecified atom stereocenters. The molecule has 0 saturated carbocycles. The van der Waals surface area contributed by atoms with Gasteiger partial charge in [-0.2, -0.15) is 0 Å². The molecule has 0 atom stereocenters. The molecular weight excluding hydrogens is 469 g/mol. The van der Waals surface area contributed by atoms with E-state index in [0.717, 1.165) is 5.56 Å². The molecule has 4 rings (SSSR count). The van der Waals surface area contributed by atoms with Crippen molar-refractivity contribution < 1.29 is 18.7 Å². The van der Waals surface area contributed by atoms with Crippen molar-refractivity contribution in [3.63, 3.8) is 0 Å². The number of amides is 1. The molecule has 32 heavy (non-hydrogen) atoms. The van der Waals surface area contributed by atoms with Crippen LogP contribution in [0.4, 0.5) is 10.1 Å². The molecule has 8 heteroatoms. The molecule has 1 aliphatic rings. The lowest BCUT2D eigenvalue weighted by molar-refractivity contribution is -0.113. The van der Waals surface area contributed by atoms with Crippen molar-refractivity contribution in [1.82, 2.24) is 0 Å². The van der Waals surface area contributed by atoms with Gasteiger partial charge in [0, 0.05) is 0 Å². The fourth-order valence-corrected chi connectivity index (χ4v) is 4.45. The highest BCUT2D eigenvalue weighted by molar-refractivity contribution is 8.27. The molecule has 0 spiro atoms. The van der Waals surface area contributed by atoms with E-state index in [2.05, 4.69) is 0 Å². The van der Waals surface area contributed by atoms with E-state index in [1.807, 2.05) is 36.4 Å². The highest BCUT2D eigenvalue weighted by atomic mass is 35.5. The predicted molar refractivity (Wildman–Crippen MR) is 131 cm³/mol. The molecule has 3 aromatic rings. The van der Waals surface area contributed by atoms with Crippen LogP contribution in [-0.4, -0.2) is 23.4 Å². The van der Waals surface area contributed by atoms with Crippen molar-refractivity contribution in [2.24, 2.45) is 0 Å². The first-order chi connectivity index (χ1) is 15.5. The summed E-state index contributed by atoms with van der Waals surface area (Å²) in [5, 5.41) is 0.557. The van der Waals surface area contributed by atoms with Crippen molar-refractivity contribution in [2.45, 2.75) is 0 Å². The van der Waals surface area contributed by atoms with Crippen molar-refractivity contribution in [1.29, 1.82) is 0 Å². The van der Waals surface area contributed by atoms with Crippen LogP contribution in [0, 0.1) is 5.82 Å². The zero-order chi connectivity index (χ0) is 22.5. The van der Waals surface area contributed by atoms with Gasteiger partial charge in [-0.1, -0.05) is 59.8 Å². The summed E-state index contributed by atoms with van der Waals surface area (Å²) in [4.78, 5) is 14.7. The van der Waals surface area contributed by atoms with Gasteiger partial charge in [0.15, 0.2) is 4.32 Å². The Morgan fingerprint density at radius 1 is 0.969 bits per heavy atom. The maximum absolute atomic E-state index is 13.2. The van der Waals surface area contributed by atoms with Crippen molar-refractivity contribution in [3.8, 4) is 11.5 Å². The number of nitrogens with zero attached hydrogens (tertiary/aromatic N) is 1. The number of carbonyl (C=O) groups excluding carboxylic acids is 1. The summed E-state index contributed by atoms with van der Waals surface area (Å²) in [5.74, 6) is 0.700. The Labute approximate surface area is 199 Å². The third kappa shape index (κ3) is 5.30. The fourth-order valence-electron chi connectivity index (χ4n) is 2.97. The van der Waals surface area contributed by atoms with Gasteiger partial charge in [-0.05, 0) is 60.2 Å². The Hall–Kier alpha value is -2.87. The second-order valence-electron chi connectivity index (χ2n) is 6.69. The zero-order valence-electron chi connectivity index (χ0n) is 16.7. The number of benzene rings is 3. The largest absolute Gasteiger partial charge is 0.490 e. The molecule has 1 amide bonds. The molecule has 0 aromatic heterocycles. The first kappa shape index (κ1) is 22.3. The van der Waals surface area contributed by atoms with E-state index >= 15 is 0 Å². The Bertz CT molecular complexity index is 1170. The van der Waals surface area contributed by atoms with E-state index in [0.29, 0.717) is 44.6 Å². The van der Waals surface area contributed by atoms with Crippen LogP contribution in [0.5, 0.6) is 11.5 Å². The Morgan fingerprint density at radius 2 is 1.66 bits per heavy atom. The number of hydrogen-bond donors (Lipinski definition) is 0. The van der Waals surface area contributed by atoms with Crippen LogP contribution in [0.3, 0.4) is 0 Å². The molecule has 1 fully saturated rings. The minimum absolute atomic E-state index is 0.233. The van der Waals surface area contributed by atoms with Gasteiger partial charge in [-0.3, -0.25) is 9.69 Å². The number of carbonyl (C=O) groups is 1. The van der Waals surface area contributed by atoms with E-state index in [1.54, 1.807) is 18.2 Å². The van der Waals surface area contributed by atoms with E-state index in [-0.39, 0.29) is 11.7 Å². The second kappa shape index (κ2) is 10.2. The summed E-state index contributed by atoms with van der Waals surface area (Å²) in [7, 11) is 0. The molecule has 1 heterocycles. The number of ether oxygens (including phenoxy) is 2. The van der Waals surface area contributed by atoms with Gasteiger partial charge in [0.1, 0.15) is 30.5 Å². The SMILES string of the molecule is O=C1/C(=C/c2ccc(OCCOc3ccccc3Cl)cc2)SC(=S)N1c1ccc(F)cc1. The Balaban J connectivity index is 1.34. The lowest BCUT2D eigenvalue weighted by Gasteiger charge is -2.14. The van der Waals surface area contributed by atoms with Crippen molar-refractivity contribution in [3.05, 3.63) is 94.1 Å². The van der Waals surface area contributed by atoms with Gasteiger partial charge in [0.05, 0.1) is 15.6 Å². The van der Waals surface area contributed by atoms with Crippen LogP contribution in [0.25, 0.3) is 6.08 Å². The number of anilines is 1. The van der Waals surface area contributed by atoms with E-state index in [4.69, 9.17) is 33.3 Å². The van der Waals surface area contributed by atoms with Crippen LogP contribution in [0.2, 0.25) is 5.02 Å². The molecule has 162 valence electrons. The molecule has 0 radical (unpaired) electrons. The summed E-state index contributed by atoms with van der Waals surface area (Å²) < 4.78 is 24.9. The number of hydrogen-bond acceptors (Lipinski definition) is 5. The van der Waals surface area contributed by atoms with Crippen molar-refractivity contribution in [2.75, 3.05) is 18.1 Å². The molecule has 4 nitrogen and oxygen atoms in total. The monoisotopic (exact) mass is 485 g/mol. The van der Waals surface area contributed by atoms with Crippen LogP contribution < -0.4 is 14.4 Å². The molecule has 0 aliphatic carbocycles. The first-order valence-electron chi connectivity index (χ1n) is 9.65. The number of para-hydroxylation sites is 1. The minimum Gasteiger partial charge on any atom is -0.490 e. The standard InChI is InChI=1S/C24H17ClFNO3S2/c25-20-3-1-2-4-21(20)30-14-13-29-19-11-5-16(6-12-19)15-22-23(28)27(24(31)32-22)18-9-7-17(26)8-10-18/h1-12,15H,13-14H2/b22-15-. The summed E-state index contributed by atoms with van der Waals surface area (Å²) in [5.41, 5.74) is 1.38. The smallest absolute Gasteiger partial charge is 0.270 e. The Morgan fingerprint density at radius 3 is 2.38 bits per heavy atom. The number of rotatable bonds is 7. The maximum atomic E-state index is 13.2. The predicted octanol–water partition coefficient (Wildman–Crippen LogP) is 6.34. The minimum atomic E-state index is -0.368. The molecule has 3 aromatic carbocycles.